The molecule has 1 rings (SSSR count). The van der Waals surface area contributed by atoms with Gasteiger partial charge in [0, 0.05) is 31.7 Å². The molecular formula is C13H28N2O. The second kappa shape index (κ2) is 6.58. The molecule has 0 aromatic carbocycles. The van der Waals surface area contributed by atoms with Crippen molar-refractivity contribution in [2.45, 2.75) is 46.2 Å². The lowest BCUT2D eigenvalue weighted by Gasteiger charge is -2.37. The van der Waals surface area contributed by atoms with E-state index in [9.17, 15) is 5.11 Å². The molecule has 0 bridgehead atoms. The average Bonchev–Trinajstić information content (AvgIpc) is 2.14. The summed E-state index contributed by atoms with van der Waals surface area (Å²) in [5.41, 5.74) is 0. The Kier molecular flexibility index (Phi) is 5.73. The van der Waals surface area contributed by atoms with Crippen LogP contribution in [0.4, 0.5) is 0 Å². The van der Waals surface area contributed by atoms with Crippen molar-refractivity contribution in [3.05, 3.63) is 0 Å². The number of likely N-dealkylation sites (tertiary alicyclic amines) is 1. The number of hydrogen-bond donors (Lipinski definition) is 2. The van der Waals surface area contributed by atoms with Crippen LogP contribution >= 0.6 is 0 Å². The van der Waals surface area contributed by atoms with E-state index in [4.69, 9.17) is 0 Å². The maximum atomic E-state index is 9.35. The van der Waals surface area contributed by atoms with Gasteiger partial charge >= 0.3 is 0 Å². The van der Waals surface area contributed by atoms with Crippen LogP contribution in [0.15, 0.2) is 0 Å². The summed E-state index contributed by atoms with van der Waals surface area (Å²) in [6.45, 7) is 12.5. The Morgan fingerprint density at radius 3 is 2.25 bits per heavy atom. The SMILES string of the molecule is CC1CC(C)CN(CC(CO)NC(C)C)C1. The van der Waals surface area contributed by atoms with Gasteiger partial charge in [-0.1, -0.05) is 27.7 Å². The molecule has 0 aromatic rings. The van der Waals surface area contributed by atoms with Crippen molar-refractivity contribution in [2.75, 3.05) is 26.2 Å². The Morgan fingerprint density at radius 2 is 1.81 bits per heavy atom. The molecule has 1 aliphatic heterocycles. The van der Waals surface area contributed by atoms with E-state index in [1.807, 2.05) is 0 Å². The van der Waals surface area contributed by atoms with E-state index in [-0.39, 0.29) is 12.6 Å². The number of aliphatic hydroxyl groups is 1. The highest BCUT2D eigenvalue weighted by Gasteiger charge is 2.23. The van der Waals surface area contributed by atoms with Crippen LogP contribution in [-0.2, 0) is 0 Å². The Bertz CT molecular complexity index is 186. The molecule has 96 valence electrons. The summed E-state index contributed by atoms with van der Waals surface area (Å²) in [5, 5.41) is 12.8. The van der Waals surface area contributed by atoms with Gasteiger partial charge in [-0.05, 0) is 18.3 Å². The number of nitrogens with zero attached hydrogens (tertiary/aromatic N) is 1. The number of hydrogen-bond acceptors (Lipinski definition) is 3. The first-order valence-electron chi connectivity index (χ1n) is 6.60. The van der Waals surface area contributed by atoms with E-state index in [1.165, 1.54) is 19.5 Å². The normalized spacial score (nSPS) is 29.6. The minimum atomic E-state index is 0.220. The smallest absolute Gasteiger partial charge is 0.0597 e. The van der Waals surface area contributed by atoms with Crippen molar-refractivity contribution in [1.82, 2.24) is 10.2 Å². The van der Waals surface area contributed by atoms with Crippen molar-refractivity contribution in [3.8, 4) is 0 Å². The second-order valence-electron chi connectivity index (χ2n) is 5.87. The van der Waals surface area contributed by atoms with Gasteiger partial charge in [0.25, 0.3) is 0 Å². The largest absolute Gasteiger partial charge is 0.395 e. The summed E-state index contributed by atoms with van der Waals surface area (Å²) in [7, 11) is 0. The topological polar surface area (TPSA) is 35.5 Å². The molecule has 0 radical (unpaired) electrons. The van der Waals surface area contributed by atoms with Gasteiger partial charge in [-0.15, -0.1) is 0 Å². The summed E-state index contributed by atoms with van der Waals surface area (Å²) < 4.78 is 0. The van der Waals surface area contributed by atoms with Crippen LogP contribution in [0.1, 0.15) is 34.1 Å². The van der Waals surface area contributed by atoms with Gasteiger partial charge in [-0.3, -0.25) is 0 Å². The minimum absolute atomic E-state index is 0.220. The molecule has 0 aliphatic carbocycles. The Balaban J connectivity index is 2.38. The maximum absolute atomic E-state index is 9.35. The molecule has 1 heterocycles. The maximum Gasteiger partial charge on any atom is 0.0597 e. The highest BCUT2D eigenvalue weighted by Crippen LogP contribution is 2.20. The first-order valence-corrected chi connectivity index (χ1v) is 6.60. The predicted octanol–water partition coefficient (Wildman–Crippen LogP) is 1.32. The highest BCUT2D eigenvalue weighted by atomic mass is 16.3. The number of rotatable bonds is 5. The van der Waals surface area contributed by atoms with Crippen LogP contribution in [0, 0.1) is 11.8 Å². The molecule has 3 nitrogen and oxygen atoms in total. The van der Waals surface area contributed by atoms with Crippen molar-refractivity contribution in [3.63, 3.8) is 0 Å². The molecule has 1 saturated heterocycles. The molecule has 1 fully saturated rings. The highest BCUT2D eigenvalue weighted by molar-refractivity contribution is 4.79. The molecular weight excluding hydrogens is 200 g/mol. The first-order chi connectivity index (χ1) is 7.51. The van der Waals surface area contributed by atoms with E-state index in [2.05, 4.69) is 37.9 Å². The van der Waals surface area contributed by atoms with E-state index in [1.54, 1.807) is 0 Å². The van der Waals surface area contributed by atoms with Gasteiger partial charge in [-0.25, -0.2) is 0 Å². The summed E-state index contributed by atoms with van der Waals surface area (Å²) in [6, 6.07) is 0.661. The third-order valence-corrected chi connectivity index (χ3v) is 3.21. The summed E-state index contributed by atoms with van der Waals surface area (Å²) >= 11 is 0. The van der Waals surface area contributed by atoms with Gasteiger partial charge in [0.15, 0.2) is 0 Å². The van der Waals surface area contributed by atoms with Gasteiger partial charge in [-0.2, -0.15) is 0 Å². The molecule has 3 atom stereocenters. The zero-order chi connectivity index (χ0) is 12.1. The summed E-state index contributed by atoms with van der Waals surface area (Å²) in [5.74, 6) is 1.59. The monoisotopic (exact) mass is 228 g/mol. The molecule has 0 saturated carbocycles. The van der Waals surface area contributed by atoms with Crippen LogP contribution in [0.3, 0.4) is 0 Å². The quantitative estimate of drug-likeness (QED) is 0.745. The summed E-state index contributed by atoms with van der Waals surface area (Å²) in [4.78, 5) is 2.50. The van der Waals surface area contributed by atoms with E-state index in [0.717, 1.165) is 18.4 Å². The molecule has 1 aliphatic rings. The van der Waals surface area contributed by atoms with Gasteiger partial charge in [0.2, 0.25) is 0 Å². The van der Waals surface area contributed by atoms with Crippen molar-refractivity contribution < 1.29 is 5.11 Å². The average molecular weight is 228 g/mol. The van der Waals surface area contributed by atoms with Gasteiger partial charge < -0.3 is 15.3 Å². The van der Waals surface area contributed by atoms with Crippen LogP contribution in [0.5, 0.6) is 0 Å². The molecule has 0 spiro atoms. The fourth-order valence-corrected chi connectivity index (χ4v) is 2.89. The number of aliphatic hydroxyl groups excluding tert-OH is 1. The van der Waals surface area contributed by atoms with Crippen LogP contribution in [0.25, 0.3) is 0 Å². The van der Waals surface area contributed by atoms with Crippen LogP contribution in [0.2, 0.25) is 0 Å². The van der Waals surface area contributed by atoms with Crippen molar-refractivity contribution in [2.24, 2.45) is 11.8 Å². The molecule has 0 aromatic heterocycles. The van der Waals surface area contributed by atoms with Crippen molar-refractivity contribution in [1.29, 1.82) is 0 Å². The van der Waals surface area contributed by atoms with E-state index < -0.39 is 0 Å². The van der Waals surface area contributed by atoms with E-state index in [0.29, 0.717) is 6.04 Å². The molecule has 3 unspecified atom stereocenters. The lowest BCUT2D eigenvalue weighted by Crippen LogP contribution is -2.49. The van der Waals surface area contributed by atoms with Gasteiger partial charge in [0.05, 0.1) is 6.61 Å². The predicted molar refractivity (Wildman–Crippen MR) is 68.5 cm³/mol. The fourth-order valence-electron chi connectivity index (χ4n) is 2.89. The zero-order valence-corrected chi connectivity index (χ0v) is 11.2. The molecule has 2 N–H and O–H groups in total. The molecule has 3 heteroatoms. The Labute approximate surface area is 100 Å². The number of nitrogens with one attached hydrogen (secondary N) is 1. The van der Waals surface area contributed by atoms with Crippen molar-refractivity contribution >= 4 is 0 Å². The standard InChI is InChI=1S/C13H28N2O/c1-10(2)14-13(9-16)8-15-6-11(3)5-12(4)7-15/h10-14,16H,5-9H2,1-4H3. The molecule has 16 heavy (non-hydrogen) atoms. The lowest BCUT2D eigenvalue weighted by atomic mass is 9.91. The lowest BCUT2D eigenvalue weighted by molar-refractivity contribution is 0.110. The third-order valence-electron chi connectivity index (χ3n) is 3.21. The third kappa shape index (κ3) is 4.81. The second-order valence-corrected chi connectivity index (χ2v) is 5.87. The van der Waals surface area contributed by atoms with Crippen LogP contribution < -0.4 is 5.32 Å². The summed E-state index contributed by atoms with van der Waals surface area (Å²) in [6.07, 6.45) is 1.35. The minimum Gasteiger partial charge on any atom is -0.395 e. The van der Waals surface area contributed by atoms with E-state index >= 15 is 0 Å². The van der Waals surface area contributed by atoms with Gasteiger partial charge in [0.1, 0.15) is 0 Å². The van der Waals surface area contributed by atoms with Crippen LogP contribution in [-0.4, -0.2) is 48.3 Å². The Morgan fingerprint density at radius 1 is 1.25 bits per heavy atom. The number of piperidine rings is 1. The molecule has 0 amide bonds. The Hall–Kier alpha value is -0.120. The fraction of sp³-hybridized carbons (Fsp3) is 1.00. The first kappa shape index (κ1) is 13.9. The zero-order valence-electron chi connectivity index (χ0n) is 11.2.